The van der Waals surface area contributed by atoms with Gasteiger partial charge in [0.25, 0.3) is 7.42 Å². The van der Waals surface area contributed by atoms with Crippen LogP contribution in [0.5, 0.6) is 0 Å². The summed E-state index contributed by atoms with van der Waals surface area (Å²) >= 11 is 10.3. The van der Waals surface area contributed by atoms with Crippen LogP contribution in [0.3, 0.4) is 0 Å². The first-order valence-corrected chi connectivity index (χ1v) is 4.90. The molecule has 0 aliphatic carbocycles. The van der Waals surface area contributed by atoms with Crippen LogP contribution in [0.1, 0.15) is 0 Å². The first-order chi connectivity index (χ1) is 1.73. The molecule has 0 aromatic carbocycles. The molecule has 0 aliphatic heterocycles. The third-order valence-electron chi connectivity index (χ3n) is 0. The van der Waals surface area contributed by atoms with Crippen LogP contribution in [0.4, 0.5) is 0 Å². The average Bonchev–Trinajstić information content (AvgIpc) is 0.811. The minimum absolute atomic E-state index is 0. The summed E-state index contributed by atoms with van der Waals surface area (Å²) in [6, 6.07) is 0. The van der Waals surface area contributed by atoms with Crippen LogP contribution in [0.25, 0.3) is 0 Å². The monoisotopic (exact) mass is 202 g/mol. The quantitative estimate of drug-likeness (QED) is 0.414. The average molecular weight is 203 g/mol. The molecule has 0 saturated heterocycles. The molecular formula is CH3Cl2SiY. The molecule has 0 amide bonds. The van der Waals surface area contributed by atoms with Gasteiger partial charge in [0.2, 0.25) is 0 Å². The van der Waals surface area contributed by atoms with Crippen LogP contribution >= 0.6 is 22.2 Å². The molecule has 2 radical (unpaired) electrons. The van der Waals surface area contributed by atoms with E-state index < -0.39 is 7.42 Å². The Balaban J connectivity index is 0. The molecule has 4 heteroatoms. The molecule has 0 atom stereocenters. The van der Waals surface area contributed by atoms with E-state index >= 15 is 0 Å². The number of halogens is 2. The Morgan fingerprint density at radius 2 is 1.40 bits per heavy atom. The Kier molecular flexibility index (Phi) is 11.8. The predicted molar refractivity (Wildman–Crippen MR) is 23.3 cm³/mol. The van der Waals surface area contributed by atoms with E-state index in [2.05, 4.69) is 0 Å². The molecule has 0 nitrogen and oxygen atoms in total. The molecular weight excluding hydrogens is 200 g/mol. The van der Waals surface area contributed by atoms with Gasteiger partial charge in [0, 0.05) is 32.7 Å². The molecule has 28 valence electrons. The Hall–Kier alpha value is 1.90. The van der Waals surface area contributed by atoms with Crippen molar-refractivity contribution in [2.45, 2.75) is 6.55 Å². The maximum absolute atomic E-state index is 5.14. The molecule has 0 fully saturated rings. The third kappa shape index (κ3) is 24.9. The second kappa shape index (κ2) is 5.90. The standard InChI is InChI=1S/CH3Cl2Si.Y/c1-4(2)3;/h1H3;. The predicted octanol–water partition coefficient (Wildman–Crippen LogP) is 1.58. The summed E-state index contributed by atoms with van der Waals surface area (Å²) in [5.74, 6) is 0. The van der Waals surface area contributed by atoms with Crippen molar-refractivity contribution < 1.29 is 32.7 Å². The van der Waals surface area contributed by atoms with Gasteiger partial charge in [0.1, 0.15) is 0 Å². The fourth-order valence-corrected chi connectivity index (χ4v) is 0. The van der Waals surface area contributed by atoms with Crippen molar-refractivity contribution in [2.75, 3.05) is 0 Å². The Morgan fingerprint density at radius 1 is 1.40 bits per heavy atom. The summed E-state index contributed by atoms with van der Waals surface area (Å²) in [5.41, 5.74) is 0. The van der Waals surface area contributed by atoms with Crippen molar-refractivity contribution in [2.24, 2.45) is 0 Å². The number of hydrogen-bond acceptors (Lipinski definition) is 0. The van der Waals surface area contributed by atoms with Crippen LogP contribution < -0.4 is 0 Å². The number of hydrogen-bond donors (Lipinski definition) is 0. The zero-order chi connectivity index (χ0) is 3.58. The minimum atomic E-state index is -0.935. The minimum Gasteiger partial charge on any atom is -0.147 e. The van der Waals surface area contributed by atoms with Gasteiger partial charge in [-0.2, -0.15) is 0 Å². The zero-order valence-corrected chi connectivity index (χ0v) is 8.18. The van der Waals surface area contributed by atoms with Crippen molar-refractivity contribution in [1.29, 1.82) is 0 Å². The second-order valence-electron chi connectivity index (χ2n) is 0.449. The van der Waals surface area contributed by atoms with Gasteiger partial charge in [-0.05, 0) is 6.55 Å². The molecule has 5 heavy (non-hydrogen) atoms. The Bertz CT molecular complexity index is 14.4. The summed E-state index contributed by atoms with van der Waals surface area (Å²) < 4.78 is 0. The van der Waals surface area contributed by atoms with Gasteiger partial charge in [0.15, 0.2) is 0 Å². The zero-order valence-electron chi connectivity index (χ0n) is 2.83. The number of rotatable bonds is 0. The first kappa shape index (κ1) is 10.0. The van der Waals surface area contributed by atoms with E-state index in [0.29, 0.717) is 0 Å². The first-order valence-electron chi connectivity index (χ1n) is 0.878. The molecule has 0 aromatic heterocycles. The Labute approximate surface area is 68.1 Å². The second-order valence-corrected chi connectivity index (χ2v) is 5.33. The fraction of sp³-hybridized carbons (Fsp3) is 1.00. The van der Waals surface area contributed by atoms with Crippen molar-refractivity contribution in [1.82, 2.24) is 0 Å². The van der Waals surface area contributed by atoms with Gasteiger partial charge < -0.3 is 0 Å². The van der Waals surface area contributed by atoms with E-state index in [1.807, 2.05) is 0 Å². The van der Waals surface area contributed by atoms with Crippen LogP contribution in [-0.4, -0.2) is 7.42 Å². The molecule has 0 aliphatic rings. The molecule has 0 N–H and O–H groups in total. The molecule has 0 unspecified atom stereocenters. The van der Waals surface area contributed by atoms with Crippen molar-refractivity contribution in [3.05, 3.63) is 0 Å². The van der Waals surface area contributed by atoms with Crippen LogP contribution in [0.2, 0.25) is 6.55 Å². The normalized spacial score (nSPS) is 7.20. The van der Waals surface area contributed by atoms with Gasteiger partial charge >= 0.3 is 0 Å². The van der Waals surface area contributed by atoms with Crippen molar-refractivity contribution >= 4 is 29.6 Å². The van der Waals surface area contributed by atoms with Crippen LogP contribution in [-0.2, 0) is 32.7 Å². The third-order valence-corrected chi connectivity index (χ3v) is 0. The van der Waals surface area contributed by atoms with E-state index in [-0.39, 0.29) is 32.7 Å². The molecule has 0 bridgehead atoms. The summed E-state index contributed by atoms with van der Waals surface area (Å²) in [6.45, 7) is 1.80. The van der Waals surface area contributed by atoms with Gasteiger partial charge in [-0.3, -0.25) is 0 Å². The summed E-state index contributed by atoms with van der Waals surface area (Å²) in [5, 5.41) is 0. The van der Waals surface area contributed by atoms with E-state index in [0.717, 1.165) is 0 Å². The van der Waals surface area contributed by atoms with Crippen LogP contribution in [0, 0.1) is 0 Å². The molecule has 0 rings (SSSR count). The van der Waals surface area contributed by atoms with E-state index in [1.165, 1.54) is 0 Å². The smallest absolute Gasteiger partial charge is 0.147 e. The summed E-state index contributed by atoms with van der Waals surface area (Å²) in [4.78, 5) is 0. The van der Waals surface area contributed by atoms with E-state index in [9.17, 15) is 0 Å². The van der Waals surface area contributed by atoms with Gasteiger partial charge in [-0.25, -0.2) is 0 Å². The van der Waals surface area contributed by atoms with Crippen molar-refractivity contribution in [3.8, 4) is 0 Å². The van der Waals surface area contributed by atoms with E-state index in [4.69, 9.17) is 22.2 Å². The molecule has 0 heterocycles. The molecule has 0 spiro atoms. The molecule has 0 aromatic rings. The van der Waals surface area contributed by atoms with Gasteiger partial charge in [0.05, 0.1) is 0 Å². The SMILES string of the molecule is C[Si](Cl)Cl.[Y]. The van der Waals surface area contributed by atoms with Gasteiger partial charge in [-0.1, -0.05) is 0 Å². The van der Waals surface area contributed by atoms with Crippen molar-refractivity contribution in [3.63, 3.8) is 0 Å². The maximum Gasteiger partial charge on any atom is 0.270 e. The fourth-order valence-electron chi connectivity index (χ4n) is 0. The van der Waals surface area contributed by atoms with E-state index in [1.54, 1.807) is 6.55 Å². The Morgan fingerprint density at radius 3 is 1.40 bits per heavy atom. The summed E-state index contributed by atoms with van der Waals surface area (Å²) in [7, 11) is -0.935. The topological polar surface area (TPSA) is 0 Å². The molecule has 0 saturated carbocycles. The summed E-state index contributed by atoms with van der Waals surface area (Å²) in [6.07, 6.45) is 0. The maximum atomic E-state index is 5.14. The van der Waals surface area contributed by atoms with Crippen LogP contribution in [0.15, 0.2) is 0 Å². The van der Waals surface area contributed by atoms with Gasteiger partial charge in [-0.15, -0.1) is 22.2 Å². The largest absolute Gasteiger partial charge is 0.270 e.